The van der Waals surface area contributed by atoms with Gasteiger partial charge in [-0.2, -0.15) is 0 Å². The number of nitrogens with zero attached hydrogens (tertiary/aromatic N) is 2. The highest BCUT2D eigenvalue weighted by Gasteiger charge is 2.09. The first-order chi connectivity index (χ1) is 14.4. The number of rotatable bonds is 6. The van der Waals surface area contributed by atoms with Crippen LogP contribution in [0.1, 0.15) is 43.0 Å². The van der Waals surface area contributed by atoms with Gasteiger partial charge in [-0.1, -0.05) is 79.6 Å². The Labute approximate surface area is 179 Å². The zero-order valence-electron chi connectivity index (χ0n) is 18.5. The van der Waals surface area contributed by atoms with Crippen LogP contribution in [0, 0.1) is 24.0 Å². The van der Waals surface area contributed by atoms with Crippen LogP contribution < -0.4 is 0 Å². The molecule has 0 saturated carbocycles. The summed E-state index contributed by atoms with van der Waals surface area (Å²) in [5, 5.41) is 10.7. The molecule has 0 heterocycles. The highest BCUT2D eigenvalue weighted by atomic mass is 16.6. The Balaban J connectivity index is 0.00000155. The van der Waals surface area contributed by atoms with Crippen LogP contribution in [0.3, 0.4) is 0 Å². The van der Waals surface area contributed by atoms with Crippen molar-refractivity contribution in [1.29, 1.82) is 0 Å². The number of nitro groups is 1. The SMILES string of the molecule is CC.CC(=NCCc1ccc([N+](=O)[O-])cc1)c1ccc(C)cc1-c1ccc(C)cc1. The summed E-state index contributed by atoms with van der Waals surface area (Å²) in [4.78, 5) is 15.1. The molecule has 0 N–H and O–H groups in total. The number of hydrogen-bond acceptors (Lipinski definition) is 3. The summed E-state index contributed by atoms with van der Waals surface area (Å²) in [5.41, 5.74) is 8.14. The van der Waals surface area contributed by atoms with Gasteiger partial charge in [-0.15, -0.1) is 0 Å². The quantitative estimate of drug-likeness (QED) is 0.254. The lowest BCUT2D eigenvalue weighted by atomic mass is 9.94. The summed E-state index contributed by atoms with van der Waals surface area (Å²) in [5.74, 6) is 0. The summed E-state index contributed by atoms with van der Waals surface area (Å²) in [6.07, 6.45) is 0.751. The van der Waals surface area contributed by atoms with Crippen molar-refractivity contribution in [2.45, 2.75) is 41.0 Å². The zero-order valence-corrected chi connectivity index (χ0v) is 18.5. The van der Waals surface area contributed by atoms with Gasteiger partial charge >= 0.3 is 0 Å². The van der Waals surface area contributed by atoms with E-state index in [0.29, 0.717) is 6.54 Å². The van der Waals surface area contributed by atoms with Gasteiger partial charge in [0, 0.05) is 30.0 Å². The molecule has 0 spiro atoms. The minimum atomic E-state index is -0.379. The van der Waals surface area contributed by atoms with E-state index in [1.54, 1.807) is 24.3 Å². The van der Waals surface area contributed by atoms with Gasteiger partial charge < -0.3 is 0 Å². The molecule has 0 fully saturated rings. The first-order valence-corrected chi connectivity index (χ1v) is 10.4. The Morgan fingerprint density at radius 2 is 1.50 bits per heavy atom. The summed E-state index contributed by atoms with van der Waals surface area (Å²) in [7, 11) is 0. The normalized spacial score (nSPS) is 10.9. The Bertz CT molecular complexity index is 1000. The Morgan fingerprint density at radius 1 is 0.900 bits per heavy atom. The maximum absolute atomic E-state index is 10.7. The van der Waals surface area contributed by atoms with Gasteiger partial charge in [-0.3, -0.25) is 15.1 Å². The molecular formula is C26H30N2O2. The number of non-ortho nitro benzene ring substituents is 1. The fourth-order valence-electron chi connectivity index (χ4n) is 3.17. The van der Waals surface area contributed by atoms with Gasteiger partial charge in [0.05, 0.1) is 4.92 Å². The van der Waals surface area contributed by atoms with Crippen molar-refractivity contribution in [3.05, 3.63) is 99.1 Å². The number of nitro benzene ring substituents is 1. The van der Waals surface area contributed by atoms with E-state index in [0.717, 1.165) is 23.3 Å². The van der Waals surface area contributed by atoms with Crippen LogP contribution in [0.25, 0.3) is 11.1 Å². The molecule has 0 aliphatic carbocycles. The molecule has 0 radical (unpaired) electrons. The molecule has 3 aromatic rings. The summed E-state index contributed by atoms with van der Waals surface area (Å²) >= 11 is 0. The maximum atomic E-state index is 10.7. The predicted octanol–water partition coefficient (Wildman–Crippen LogP) is 6.96. The predicted molar refractivity (Wildman–Crippen MR) is 127 cm³/mol. The van der Waals surface area contributed by atoms with Crippen molar-refractivity contribution in [1.82, 2.24) is 0 Å². The van der Waals surface area contributed by atoms with E-state index in [2.05, 4.69) is 56.3 Å². The molecule has 0 amide bonds. The average Bonchev–Trinajstić information content (AvgIpc) is 2.76. The number of hydrogen-bond donors (Lipinski definition) is 0. The molecule has 0 bridgehead atoms. The molecular weight excluding hydrogens is 372 g/mol. The third-order valence-corrected chi connectivity index (χ3v) is 4.82. The molecule has 0 unspecified atom stereocenters. The minimum absolute atomic E-state index is 0.117. The van der Waals surface area contributed by atoms with Gasteiger partial charge in [-0.25, -0.2) is 0 Å². The number of aryl methyl sites for hydroxylation is 2. The lowest BCUT2D eigenvalue weighted by Gasteiger charge is -2.12. The van der Waals surface area contributed by atoms with Crippen LogP contribution in [-0.4, -0.2) is 17.2 Å². The van der Waals surface area contributed by atoms with Crippen LogP contribution >= 0.6 is 0 Å². The second-order valence-corrected chi connectivity index (χ2v) is 7.06. The molecule has 4 nitrogen and oxygen atoms in total. The molecule has 156 valence electrons. The molecule has 30 heavy (non-hydrogen) atoms. The van der Waals surface area contributed by atoms with E-state index in [1.165, 1.54) is 22.3 Å². The third kappa shape index (κ3) is 6.11. The molecule has 0 atom stereocenters. The molecule has 0 aliphatic rings. The topological polar surface area (TPSA) is 55.5 Å². The Morgan fingerprint density at radius 3 is 2.10 bits per heavy atom. The van der Waals surface area contributed by atoms with Crippen molar-refractivity contribution in [3.8, 4) is 11.1 Å². The third-order valence-electron chi connectivity index (χ3n) is 4.82. The molecule has 3 rings (SSSR count). The molecule has 3 aromatic carbocycles. The van der Waals surface area contributed by atoms with Crippen molar-refractivity contribution in [3.63, 3.8) is 0 Å². The highest BCUT2D eigenvalue weighted by Crippen LogP contribution is 2.26. The Hall–Kier alpha value is -3.27. The van der Waals surface area contributed by atoms with Crippen LogP contribution in [0.2, 0.25) is 0 Å². The van der Waals surface area contributed by atoms with Crippen LogP contribution in [0.15, 0.2) is 71.7 Å². The first-order valence-electron chi connectivity index (χ1n) is 10.4. The number of aliphatic imine (C=N–C) groups is 1. The van der Waals surface area contributed by atoms with Crippen molar-refractivity contribution >= 4 is 11.4 Å². The lowest BCUT2D eigenvalue weighted by molar-refractivity contribution is -0.384. The minimum Gasteiger partial charge on any atom is -0.289 e. The second-order valence-electron chi connectivity index (χ2n) is 7.06. The van der Waals surface area contributed by atoms with Crippen molar-refractivity contribution in [2.24, 2.45) is 4.99 Å². The molecule has 0 aliphatic heterocycles. The van der Waals surface area contributed by atoms with E-state index in [9.17, 15) is 10.1 Å². The van der Waals surface area contributed by atoms with Crippen molar-refractivity contribution in [2.75, 3.05) is 6.54 Å². The van der Waals surface area contributed by atoms with Gasteiger partial charge in [0.2, 0.25) is 0 Å². The van der Waals surface area contributed by atoms with E-state index < -0.39 is 0 Å². The first kappa shape index (κ1) is 23.0. The highest BCUT2D eigenvalue weighted by molar-refractivity contribution is 6.04. The summed E-state index contributed by atoms with van der Waals surface area (Å²) < 4.78 is 0. The van der Waals surface area contributed by atoms with E-state index in [-0.39, 0.29) is 10.6 Å². The van der Waals surface area contributed by atoms with Crippen LogP contribution in [-0.2, 0) is 6.42 Å². The molecule has 4 heteroatoms. The molecule has 0 aromatic heterocycles. The van der Waals surface area contributed by atoms with Gasteiger partial charge in [0.15, 0.2) is 0 Å². The number of benzene rings is 3. The fourth-order valence-corrected chi connectivity index (χ4v) is 3.17. The zero-order chi connectivity index (χ0) is 22.1. The lowest BCUT2D eigenvalue weighted by Crippen LogP contribution is -2.01. The van der Waals surface area contributed by atoms with E-state index in [1.807, 2.05) is 20.8 Å². The smallest absolute Gasteiger partial charge is 0.269 e. The summed E-state index contributed by atoms with van der Waals surface area (Å²) in [6.45, 7) is 10.9. The molecule has 0 saturated heterocycles. The maximum Gasteiger partial charge on any atom is 0.269 e. The van der Waals surface area contributed by atoms with Gasteiger partial charge in [-0.05, 0) is 43.9 Å². The average molecular weight is 403 g/mol. The van der Waals surface area contributed by atoms with E-state index in [4.69, 9.17) is 4.99 Å². The van der Waals surface area contributed by atoms with Crippen LogP contribution in [0.5, 0.6) is 0 Å². The summed E-state index contributed by atoms with van der Waals surface area (Å²) in [6, 6.07) is 21.7. The van der Waals surface area contributed by atoms with Gasteiger partial charge in [0.25, 0.3) is 5.69 Å². The van der Waals surface area contributed by atoms with Gasteiger partial charge in [0.1, 0.15) is 0 Å². The van der Waals surface area contributed by atoms with E-state index >= 15 is 0 Å². The fraction of sp³-hybridized carbons (Fsp3) is 0.269. The van der Waals surface area contributed by atoms with Crippen LogP contribution in [0.4, 0.5) is 5.69 Å². The second kappa shape index (κ2) is 11.1. The Kier molecular flexibility index (Phi) is 8.48. The monoisotopic (exact) mass is 402 g/mol. The largest absolute Gasteiger partial charge is 0.289 e. The van der Waals surface area contributed by atoms with Crippen molar-refractivity contribution < 1.29 is 4.92 Å². The standard InChI is InChI=1S/C24H24N2O2.C2H6/c1-17-4-9-21(10-5-17)24-16-18(2)6-13-23(24)19(3)25-15-14-20-7-11-22(12-8-20)26(27)28;1-2/h4-13,16H,14-15H2,1-3H3;1-2H3.